The van der Waals surface area contributed by atoms with Gasteiger partial charge >= 0.3 is 0 Å². The van der Waals surface area contributed by atoms with Crippen molar-refractivity contribution in [2.75, 3.05) is 33.0 Å². The van der Waals surface area contributed by atoms with E-state index in [4.69, 9.17) is 15.2 Å². The van der Waals surface area contributed by atoms with Crippen LogP contribution in [-0.2, 0) is 20.7 Å². The Morgan fingerprint density at radius 2 is 1.92 bits per heavy atom. The molecule has 0 bridgehead atoms. The number of carbonyl (C=O) groups is 1. The van der Waals surface area contributed by atoms with Crippen molar-refractivity contribution < 1.29 is 14.3 Å². The second-order valence-electron chi connectivity index (χ2n) is 6.32. The van der Waals surface area contributed by atoms with Gasteiger partial charge in [-0.25, -0.2) is 0 Å². The second-order valence-corrected chi connectivity index (χ2v) is 6.32. The summed E-state index contributed by atoms with van der Waals surface area (Å²) in [7, 11) is 0. The van der Waals surface area contributed by atoms with Crippen LogP contribution in [0.25, 0.3) is 0 Å². The van der Waals surface area contributed by atoms with E-state index in [1.54, 1.807) is 0 Å². The Labute approximate surface area is 157 Å². The molecule has 142 valence electrons. The smallest absolute Gasteiger partial charge is 0.237 e. The van der Waals surface area contributed by atoms with Gasteiger partial charge in [0.15, 0.2) is 0 Å². The van der Waals surface area contributed by atoms with E-state index < -0.39 is 6.04 Å². The summed E-state index contributed by atoms with van der Waals surface area (Å²) in [6.07, 6.45) is 4.56. The van der Waals surface area contributed by atoms with Crippen molar-refractivity contribution in [3.05, 3.63) is 35.9 Å². The fraction of sp³-hybridized carbons (Fsp3) is 0.632. The van der Waals surface area contributed by atoms with Crippen molar-refractivity contribution in [3.63, 3.8) is 0 Å². The van der Waals surface area contributed by atoms with Crippen LogP contribution in [-0.4, -0.2) is 44.9 Å². The molecule has 5 nitrogen and oxygen atoms in total. The first-order valence-electron chi connectivity index (χ1n) is 9.00. The lowest BCUT2D eigenvalue weighted by atomic mass is 9.92. The van der Waals surface area contributed by atoms with Crippen molar-refractivity contribution in [3.8, 4) is 0 Å². The molecule has 0 spiro atoms. The van der Waals surface area contributed by atoms with E-state index in [0.29, 0.717) is 19.8 Å². The third-order valence-corrected chi connectivity index (χ3v) is 4.47. The summed E-state index contributed by atoms with van der Waals surface area (Å²) in [6.45, 7) is 3.56. The SMILES string of the molecule is Cl.NC(C(=O)NCCCCOCCc1ccccc1)C1CCOCC1. The molecule has 1 atom stereocenters. The highest BCUT2D eigenvalue weighted by Crippen LogP contribution is 2.17. The number of ether oxygens (including phenoxy) is 2. The Hall–Kier alpha value is -1.14. The monoisotopic (exact) mass is 370 g/mol. The molecule has 25 heavy (non-hydrogen) atoms. The van der Waals surface area contributed by atoms with Gasteiger partial charge in [-0.2, -0.15) is 0 Å². The van der Waals surface area contributed by atoms with Gasteiger partial charge in [0.1, 0.15) is 0 Å². The average molecular weight is 371 g/mol. The van der Waals surface area contributed by atoms with E-state index in [0.717, 1.165) is 45.3 Å². The molecule has 0 aliphatic carbocycles. The summed E-state index contributed by atoms with van der Waals surface area (Å²) in [6, 6.07) is 9.93. The summed E-state index contributed by atoms with van der Waals surface area (Å²) in [5.41, 5.74) is 7.33. The Balaban J connectivity index is 0.00000312. The summed E-state index contributed by atoms with van der Waals surface area (Å²) in [5.74, 6) is 0.215. The predicted octanol–water partition coefficient (Wildman–Crippen LogP) is 2.32. The first-order valence-corrected chi connectivity index (χ1v) is 9.00. The van der Waals surface area contributed by atoms with Gasteiger partial charge < -0.3 is 20.5 Å². The van der Waals surface area contributed by atoms with Crippen molar-refractivity contribution in [1.29, 1.82) is 0 Å². The van der Waals surface area contributed by atoms with Gasteiger partial charge in [0.2, 0.25) is 5.91 Å². The van der Waals surface area contributed by atoms with Crippen LogP contribution in [0.5, 0.6) is 0 Å². The van der Waals surface area contributed by atoms with E-state index in [1.165, 1.54) is 5.56 Å². The minimum absolute atomic E-state index is 0. The summed E-state index contributed by atoms with van der Waals surface area (Å²) in [5, 5.41) is 2.94. The van der Waals surface area contributed by atoms with Crippen LogP contribution in [0.1, 0.15) is 31.2 Å². The third-order valence-electron chi connectivity index (χ3n) is 4.47. The van der Waals surface area contributed by atoms with Gasteiger partial charge in [-0.1, -0.05) is 30.3 Å². The Kier molecular flexibility index (Phi) is 11.5. The molecule has 0 saturated carbocycles. The van der Waals surface area contributed by atoms with Crippen LogP contribution in [0, 0.1) is 5.92 Å². The number of amides is 1. The molecule has 1 aliphatic rings. The number of carbonyl (C=O) groups excluding carboxylic acids is 1. The maximum Gasteiger partial charge on any atom is 0.237 e. The van der Waals surface area contributed by atoms with Crippen molar-refractivity contribution in [1.82, 2.24) is 5.32 Å². The van der Waals surface area contributed by atoms with Crippen molar-refractivity contribution in [2.45, 2.75) is 38.1 Å². The van der Waals surface area contributed by atoms with Crippen LogP contribution in [0.3, 0.4) is 0 Å². The molecule has 1 aromatic rings. The van der Waals surface area contributed by atoms with Crippen LogP contribution < -0.4 is 11.1 Å². The zero-order chi connectivity index (χ0) is 17.0. The number of nitrogens with two attached hydrogens (primary N) is 1. The maximum atomic E-state index is 12.0. The lowest BCUT2D eigenvalue weighted by molar-refractivity contribution is -0.124. The molecule has 1 heterocycles. The van der Waals surface area contributed by atoms with Crippen molar-refractivity contribution in [2.24, 2.45) is 11.7 Å². The maximum absolute atomic E-state index is 12.0. The van der Waals surface area contributed by atoms with Crippen LogP contribution in [0.4, 0.5) is 0 Å². The minimum Gasteiger partial charge on any atom is -0.381 e. The van der Waals surface area contributed by atoms with Crippen LogP contribution in [0.15, 0.2) is 30.3 Å². The summed E-state index contributed by atoms with van der Waals surface area (Å²) < 4.78 is 10.9. The normalized spacial score (nSPS) is 16.0. The molecule has 0 radical (unpaired) electrons. The minimum atomic E-state index is -0.406. The van der Waals surface area contributed by atoms with E-state index in [1.807, 2.05) is 18.2 Å². The van der Waals surface area contributed by atoms with E-state index >= 15 is 0 Å². The second kappa shape index (κ2) is 13.1. The number of unbranched alkanes of at least 4 members (excludes halogenated alkanes) is 1. The molecule has 1 unspecified atom stereocenters. The third kappa shape index (κ3) is 8.68. The Bertz CT molecular complexity index is 467. The fourth-order valence-corrected chi connectivity index (χ4v) is 2.88. The van der Waals surface area contributed by atoms with E-state index in [-0.39, 0.29) is 24.2 Å². The standard InChI is InChI=1S/C19H30N2O3.ClH/c20-18(17-9-14-24-15-10-17)19(22)21-11-4-5-12-23-13-8-16-6-2-1-3-7-16;/h1-3,6-7,17-18H,4-5,8-15,20H2,(H,21,22);1H. The highest BCUT2D eigenvalue weighted by molar-refractivity contribution is 5.85. The average Bonchev–Trinajstić information content (AvgIpc) is 2.64. The lowest BCUT2D eigenvalue weighted by Gasteiger charge is -2.26. The van der Waals surface area contributed by atoms with Gasteiger partial charge in [0.05, 0.1) is 12.6 Å². The first kappa shape index (κ1) is 21.9. The molecule has 1 aliphatic heterocycles. The molecule has 1 amide bonds. The molecule has 1 saturated heterocycles. The number of halogens is 1. The van der Waals surface area contributed by atoms with Gasteiger partial charge in [-0.05, 0) is 43.6 Å². The highest BCUT2D eigenvalue weighted by atomic mass is 35.5. The first-order chi connectivity index (χ1) is 11.8. The molecule has 1 aromatic carbocycles. The van der Waals surface area contributed by atoms with Gasteiger partial charge in [-0.3, -0.25) is 4.79 Å². The molecular formula is C19H31ClN2O3. The Morgan fingerprint density at radius 3 is 2.64 bits per heavy atom. The van der Waals surface area contributed by atoms with Crippen LogP contribution in [0.2, 0.25) is 0 Å². The molecule has 3 N–H and O–H groups in total. The molecule has 1 fully saturated rings. The largest absolute Gasteiger partial charge is 0.381 e. The van der Waals surface area contributed by atoms with Gasteiger partial charge in [-0.15, -0.1) is 12.4 Å². The number of rotatable bonds is 10. The highest BCUT2D eigenvalue weighted by Gasteiger charge is 2.26. The van der Waals surface area contributed by atoms with Crippen LogP contribution >= 0.6 is 12.4 Å². The number of hydrogen-bond acceptors (Lipinski definition) is 4. The fourth-order valence-electron chi connectivity index (χ4n) is 2.88. The predicted molar refractivity (Wildman–Crippen MR) is 102 cm³/mol. The van der Waals surface area contributed by atoms with E-state index in [9.17, 15) is 4.79 Å². The molecule has 6 heteroatoms. The van der Waals surface area contributed by atoms with Crippen molar-refractivity contribution >= 4 is 18.3 Å². The zero-order valence-electron chi connectivity index (χ0n) is 14.8. The summed E-state index contributed by atoms with van der Waals surface area (Å²) >= 11 is 0. The Morgan fingerprint density at radius 1 is 1.20 bits per heavy atom. The molecule has 2 rings (SSSR count). The van der Waals surface area contributed by atoms with Gasteiger partial charge in [0, 0.05) is 26.4 Å². The van der Waals surface area contributed by atoms with Gasteiger partial charge in [0.25, 0.3) is 0 Å². The topological polar surface area (TPSA) is 73.6 Å². The summed E-state index contributed by atoms with van der Waals surface area (Å²) in [4.78, 5) is 12.0. The van der Waals surface area contributed by atoms with E-state index in [2.05, 4.69) is 17.4 Å². The number of hydrogen-bond donors (Lipinski definition) is 2. The zero-order valence-corrected chi connectivity index (χ0v) is 15.6. The number of nitrogens with one attached hydrogen (secondary N) is 1. The molecular weight excluding hydrogens is 340 g/mol. The number of benzene rings is 1. The lowest BCUT2D eigenvalue weighted by Crippen LogP contribution is -2.47. The molecule has 0 aromatic heterocycles. The quantitative estimate of drug-likeness (QED) is 0.620.